The average Bonchev–Trinajstić information content (AvgIpc) is 3.19. The first-order chi connectivity index (χ1) is 11.2. The molecule has 1 saturated heterocycles. The van der Waals surface area contributed by atoms with Gasteiger partial charge in [-0.05, 0) is 57.5 Å². The summed E-state index contributed by atoms with van der Waals surface area (Å²) in [6, 6.07) is 3.86. The molecule has 122 valence electrons. The summed E-state index contributed by atoms with van der Waals surface area (Å²) in [6.07, 6.45) is 7.59. The number of hydrogen-bond donors (Lipinski definition) is 2. The van der Waals surface area contributed by atoms with Crippen LogP contribution in [0, 0.1) is 6.92 Å². The molecule has 2 aromatic rings. The van der Waals surface area contributed by atoms with Crippen molar-refractivity contribution in [2.45, 2.75) is 32.6 Å². The first-order valence-electron chi connectivity index (χ1n) is 8.20. The lowest BCUT2D eigenvalue weighted by molar-refractivity contribution is -0.116. The number of amides is 1. The Balaban J connectivity index is 1.49. The van der Waals surface area contributed by atoms with Gasteiger partial charge < -0.3 is 10.2 Å². The molecule has 6 heteroatoms. The molecule has 2 aromatic heterocycles. The molecule has 0 unspecified atom stereocenters. The van der Waals surface area contributed by atoms with Gasteiger partial charge in [0.05, 0.1) is 5.69 Å². The number of aromatic nitrogens is 3. The van der Waals surface area contributed by atoms with Gasteiger partial charge in [0.15, 0.2) is 0 Å². The third kappa shape index (κ3) is 4.39. The third-order valence-electron chi connectivity index (χ3n) is 4.10. The topological polar surface area (TPSA) is 73.9 Å². The van der Waals surface area contributed by atoms with Crippen LogP contribution in [0.4, 0.5) is 5.82 Å². The summed E-state index contributed by atoms with van der Waals surface area (Å²) in [5.74, 6) is 0.662. The Morgan fingerprint density at radius 1 is 1.30 bits per heavy atom. The van der Waals surface area contributed by atoms with Gasteiger partial charge in [0.2, 0.25) is 5.91 Å². The van der Waals surface area contributed by atoms with Gasteiger partial charge in [-0.15, -0.1) is 0 Å². The van der Waals surface area contributed by atoms with Crippen molar-refractivity contribution in [1.29, 1.82) is 0 Å². The first-order valence-corrected chi connectivity index (χ1v) is 8.20. The van der Waals surface area contributed by atoms with Gasteiger partial charge in [-0.25, -0.2) is 0 Å². The van der Waals surface area contributed by atoms with Crippen molar-refractivity contribution < 1.29 is 4.79 Å². The number of nitrogens with one attached hydrogen (secondary N) is 2. The highest BCUT2D eigenvalue weighted by atomic mass is 16.1. The van der Waals surface area contributed by atoms with Gasteiger partial charge >= 0.3 is 0 Å². The van der Waals surface area contributed by atoms with E-state index >= 15 is 0 Å². The van der Waals surface area contributed by atoms with E-state index in [9.17, 15) is 4.79 Å². The Kier molecular flexibility index (Phi) is 5.02. The summed E-state index contributed by atoms with van der Waals surface area (Å²) in [5.41, 5.74) is 2.81. The molecule has 3 rings (SSSR count). The molecule has 1 aliphatic heterocycles. The zero-order valence-electron chi connectivity index (χ0n) is 13.5. The smallest absolute Gasteiger partial charge is 0.225 e. The molecule has 1 fully saturated rings. The highest BCUT2D eigenvalue weighted by Crippen LogP contribution is 2.19. The highest BCUT2D eigenvalue weighted by molar-refractivity contribution is 5.90. The summed E-state index contributed by atoms with van der Waals surface area (Å²) in [6.45, 7) is 5.36. The second-order valence-corrected chi connectivity index (χ2v) is 6.12. The minimum absolute atomic E-state index is 0.0294. The number of nitrogens with zero attached hydrogens (tertiary/aromatic N) is 3. The fourth-order valence-electron chi connectivity index (χ4n) is 2.91. The number of pyridine rings is 1. The van der Waals surface area contributed by atoms with Crippen LogP contribution in [0.25, 0.3) is 11.3 Å². The molecular formula is C17H23N5O. The standard InChI is InChI=1S/C17H23N5O/c1-13-9-14(12-18-11-13)15-10-16(21-20-15)19-17(23)5-4-8-22-6-2-3-7-22/h9-12H,2-8H2,1H3,(H2,19,20,21,23). The van der Waals surface area contributed by atoms with E-state index in [1.54, 1.807) is 12.4 Å². The molecule has 0 atom stereocenters. The van der Waals surface area contributed by atoms with Crippen LogP contribution in [-0.2, 0) is 4.79 Å². The number of H-pyrrole nitrogens is 1. The molecule has 1 amide bonds. The van der Waals surface area contributed by atoms with Crippen molar-refractivity contribution in [2.24, 2.45) is 0 Å². The molecule has 0 aromatic carbocycles. The van der Waals surface area contributed by atoms with Crippen LogP contribution in [0.2, 0.25) is 0 Å². The minimum atomic E-state index is 0.0294. The maximum absolute atomic E-state index is 12.0. The fraction of sp³-hybridized carbons (Fsp3) is 0.471. The number of aryl methyl sites for hydroxylation is 1. The Labute approximate surface area is 136 Å². The van der Waals surface area contributed by atoms with E-state index in [4.69, 9.17) is 0 Å². The Bertz CT molecular complexity index is 661. The number of likely N-dealkylation sites (tertiary alicyclic amines) is 1. The fourth-order valence-corrected chi connectivity index (χ4v) is 2.91. The zero-order valence-corrected chi connectivity index (χ0v) is 13.5. The maximum Gasteiger partial charge on any atom is 0.225 e. The molecule has 3 heterocycles. The van der Waals surface area contributed by atoms with Gasteiger partial charge in [0.25, 0.3) is 0 Å². The molecule has 0 saturated carbocycles. The van der Waals surface area contributed by atoms with Crippen LogP contribution >= 0.6 is 0 Å². The van der Waals surface area contributed by atoms with Gasteiger partial charge in [-0.3, -0.25) is 14.9 Å². The van der Waals surface area contributed by atoms with Crippen LogP contribution < -0.4 is 5.32 Å². The number of carbonyl (C=O) groups is 1. The van der Waals surface area contributed by atoms with Crippen LogP contribution in [-0.4, -0.2) is 45.6 Å². The van der Waals surface area contributed by atoms with E-state index < -0.39 is 0 Å². The Morgan fingerprint density at radius 2 is 2.13 bits per heavy atom. The van der Waals surface area contributed by atoms with Gasteiger partial charge in [0.1, 0.15) is 5.82 Å². The zero-order chi connectivity index (χ0) is 16.1. The lowest BCUT2D eigenvalue weighted by Crippen LogP contribution is -2.22. The van der Waals surface area contributed by atoms with E-state index in [1.165, 1.54) is 25.9 Å². The Hall–Kier alpha value is -2.21. The molecule has 6 nitrogen and oxygen atoms in total. The van der Waals surface area contributed by atoms with Gasteiger partial charge in [0, 0.05) is 30.4 Å². The van der Waals surface area contributed by atoms with Crippen molar-refractivity contribution in [3.8, 4) is 11.3 Å². The minimum Gasteiger partial charge on any atom is -0.311 e. The monoisotopic (exact) mass is 313 g/mol. The molecule has 0 radical (unpaired) electrons. The second kappa shape index (κ2) is 7.37. The third-order valence-corrected chi connectivity index (χ3v) is 4.10. The Morgan fingerprint density at radius 3 is 2.91 bits per heavy atom. The summed E-state index contributed by atoms with van der Waals surface area (Å²) >= 11 is 0. The summed E-state index contributed by atoms with van der Waals surface area (Å²) in [7, 11) is 0. The van der Waals surface area contributed by atoms with Crippen LogP contribution in [0.1, 0.15) is 31.2 Å². The van der Waals surface area contributed by atoms with Crippen LogP contribution in [0.5, 0.6) is 0 Å². The van der Waals surface area contributed by atoms with Crippen molar-refractivity contribution in [3.63, 3.8) is 0 Å². The molecule has 0 aliphatic carbocycles. The SMILES string of the molecule is Cc1cncc(-c2cc(NC(=O)CCCN3CCCC3)[nH]n2)c1. The lowest BCUT2D eigenvalue weighted by atomic mass is 10.2. The predicted octanol–water partition coefficient (Wildman–Crippen LogP) is 2.59. The molecule has 0 bridgehead atoms. The van der Waals surface area contributed by atoms with Crippen LogP contribution in [0.3, 0.4) is 0 Å². The number of aromatic amines is 1. The van der Waals surface area contributed by atoms with Gasteiger partial charge in [-0.1, -0.05) is 0 Å². The van der Waals surface area contributed by atoms with E-state index in [1.807, 2.05) is 19.1 Å². The van der Waals surface area contributed by atoms with Crippen molar-refractivity contribution in [1.82, 2.24) is 20.1 Å². The molecule has 2 N–H and O–H groups in total. The summed E-state index contributed by atoms with van der Waals surface area (Å²) in [5, 5.41) is 9.98. The number of rotatable bonds is 6. The highest BCUT2D eigenvalue weighted by Gasteiger charge is 2.12. The van der Waals surface area contributed by atoms with Crippen molar-refractivity contribution in [3.05, 3.63) is 30.1 Å². The van der Waals surface area contributed by atoms with E-state index in [0.717, 1.165) is 29.8 Å². The van der Waals surface area contributed by atoms with E-state index in [2.05, 4.69) is 25.4 Å². The number of carbonyl (C=O) groups excluding carboxylic acids is 1. The molecule has 1 aliphatic rings. The quantitative estimate of drug-likeness (QED) is 0.859. The van der Waals surface area contributed by atoms with Crippen LogP contribution in [0.15, 0.2) is 24.5 Å². The summed E-state index contributed by atoms with van der Waals surface area (Å²) in [4.78, 5) is 18.6. The van der Waals surface area contributed by atoms with Crippen molar-refractivity contribution >= 4 is 11.7 Å². The first kappa shape index (κ1) is 15.7. The molecular weight excluding hydrogens is 290 g/mol. The second-order valence-electron chi connectivity index (χ2n) is 6.12. The van der Waals surface area contributed by atoms with Gasteiger partial charge in [-0.2, -0.15) is 5.10 Å². The number of hydrogen-bond acceptors (Lipinski definition) is 4. The predicted molar refractivity (Wildman–Crippen MR) is 90.1 cm³/mol. The van der Waals surface area contributed by atoms with E-state index in [-0.39, 0.29) is 5.91 Å². The molecule has 0 spiro atoms. The summed E-state index contributed by atoms with van der Waals surface area (Å²) < 4.78 is 0. The average molecular weight is 313 g/mol. The maximum atomic E-state index is 12.0. The lowest BCUT2D eigenvalue weighted by Gasteiger charge is -2.13. The number of anilines is 1. The normalized spacial score (nSPS) is 15.0. The molecule has 23 heavy (non-hydrogen) atoms. The largest absolute Gasteiger partial charge is 0.311 e. The van der Waals surface area contributed by atoms with Crippen molar-refractivity contribution in [2.75, 3.05) is 25.0 Å². The van der Waals surface area contributed by atoms with E-state index in [0.29, 0.717) is 12.2 Å².